The average Bonchev–Trinajstić information content (AvgIpc) is 1.83. The molecule has 9 heavy (non-hydrogen) atoms. The third kappa shape index (κ3) is 4.95. The monoisotopic (exact) mass is 151 g/mol. The van der Waals surface area contributed by atoms with Crippen molar-refractivity contribution < 1.29 is 18.0 Å². The highest BCUT2D eigenvalue weighted by Gasteiger charge is 1.94. The number of carbonyl (C=O) groups excluding carboxylic acids is 1. The molecule has 0 saturated carbocycles. The van der Waals surface area contributed by atoms with Gasteiger partial charge >= 0.3 is 16.5 Å². The Kier molecular flexibility index (Phi) is 3.61. The Labute approximate surface area is 53.3 Å². The molecule has 5 nitrogen and oxygen atoms in total. The molecule has 0 aromatic rings. The fourth-order valence-corrected chi connectivity index (χ4v) is 0.281. The molecule has 0 atom stereocenters. The van der Waals surface area contributed by atoms with E-state index < -0.39 is 16.5 Å². The van der Waals surface area contributed by atoms with Crippen molar-refractivity contribution in [1.82, 2.24) is 0 Å². The second-order valence-corrected chi connectivity index (χ2v) is 1.69. The van der Waals surface area contributed by atoms with Gasteiger partial charge in [0.2, 0.25) is 0 Å². The van der Waals surface area contributed by atoms with E-state index in [4.69, 9.17) is 0 Å². The van der Waals surface area contributed by atoms with Crippen LogP contribution in [0.4, 0.5) is 0 Å². The Hall–Kier alpha value is -0.910. The quantitative estimate of drug-likeness (QED) is 0.517. The highest BCUT2D eigenvalue weighted by Crippen LogP contribution is 1.82. The number of carbonyl (C=O) groups is 1. The van der Waals surface area contributed by atoms with Crippen molar-refractivity contribution >= 4 is 16.5 Å². The van der Waals surface area contributed by atoms with Gasteiger partial charge in [0, 0.05) is 6.42 Å². The first-order valence-corrected chi connectivity index (χ1v) is 3.20. The lowest BCUT2D eigenvalue weighted by Crippen LogP contribution is -1.94. The van der Waals surface area contributed by atoms with E-state index in [0.29, 0.717) is 0 Å². The third-order valence-corrected chi connectivity index (χ3v) is 0.685. The summed E-state index contributed by atoms with van der Waals surface area (Å²) in [5.41, 5.74) is 0. The van der Waals surface area contributed by atoms with Crippen LogP contribution in [-0.4, -0.2) is 14.4 Å². The summed E-state index contributed by atoms with van der Waals surface area (Å²) >= 11 is 0. The van der Waals surface area contributed by atoms with Gasteiger partial charge in [0.25, 0.3) is 0 Å². The van der Waals surface area contributed by atoms with Gasteiger partial charge in [-0.2, -0.15) is 8.42 Å². The molecule has 0 N–H and O–H groups in total. The Morgan fingerprint density at radius 2 is 2.22 bits per heavy atom. The number of hydrogen-bond acceptors (Lipinski definition) is 5. The summed E-state index contributed by atoms with van der Waals surface area (Å²) < 4.78 is 21.6. The standard InChI is InChI=1S/C3H5NO4S/c1-2-3(5)8-4-9(6)7/h2H2,1H3. The molecule has 52 valence electrons. The SMILES string of the molecule is CCC(=O)ON=S(=O)=O. The molecule has 0 amide bonds. The van der Waals surface area contributed by atoms with Crippen LogP contribution < -0.4 is 0 Å². The van der Waals surface area contributed by atoms with E-state index in [1.165, 1.54) is 6.92 Å². The molecule has 0 aliphatic rings. The molecule has 0 aromatic carbocycles. The van der Waals surface area contributed by atoms with E-state index in [1.54, 1.807) is 0 Å². The minimum Gasteiger partial charge on any atom is -0.303 e. The lowest BCUT2D eigenvalue weighted by atomic mass is 10.5. The van der Waals surface area contributed by atoms with Gasteiger partial charge in [0.05, 0.1) is 4.53 Å². The van der Waals surface area contributed by atoms with E-state index >= 15 is 0 Å². The van der Waals surface area contributed by atoms with Crippen molar-refractivity contribution in [3.8, 4) is 0 Å². The molecule has 0 rings (SSSR count). The normalized spacial score (nSPS) is 8.11. The zero-order valence-corrected chi connectivity index (χ0v) is 5.51. The molecule has 0 aliphatic heterocycles. The van der Waals surface area contributed by atoms with E-state index in [1.807, 2.05) is 0 Å². The van der Waals surface area contributed by atoms with Crippen molar-refractivity contribution in [2.24, 2.45) is 4.53 Å². The van der Waals surface area contributed by atoms with Crippen LogP contribution in [-0.2, 0) is 20.1 Å². The molecular formula is C3H5NO4S. The van der Waals surface area contributed by atoms with E-state index in [9.17, 15) is 13.2 Å². The van der Waals surface area contributed by atoms with Crippen molar-refractivity contribution in [2.75, 3.05) is 0 Å². The average molecular weight is 151 g/mol. The largest absolute Gasteiger partial charge is 0.349 e. The van der Waals surface area contributed by atoms with E-state index in [0.717, 1.165) is 0 Å². The molecular weight excluding hydrogens is 146 g/mol. The van der Waals surface area contributed by atoms with Gasteiger partial charge in [-0.15, -0.1) is 0 Å². The Bertz CT molecular complexity index is 208. The van der Waals surface area contributed by atoms with Gasteiger partial charge in [0.1, 0.15) is 0 Å². The second-order valence-electron chi connectivity index (χ2n) is 1.11. The molecule has 6 heteroatoms. The van der Waals surface area contributed by atoms with Crippen LogP contribution in [0.15, 0.2) is 4.53 Å². The van der Waals surface area contributed by atoms with Crippen molar-refractivity contribution in [3.05, 3.63) is 0 Å². The smallest absolute Gasteiger partial charge is 0.303 e. The lowest BCUT2D eigenvalue weighted by Gasteiger charge is -1.84. The minimum absolute atomic E-state index is 0.112. The fraction of sp³-hybridized carbons (Fsp3) is 0.667. The summed E-state index contributed by atoms with van der Waals surface area (Å²) in [6.45, 7) is 1.53. The molecule has 0 saturated heterocycles. The van der Waals surface area contributed by atoms with Gasteiger partial charge in [-0.25, -0.2) is 4.79 Å². The van der Waals surface area contributed by atoms with E-state index in [2.05, 4.69) is 9.36 Å². The second kappa shape index (κ2) is 4.02. The molecule has 0 spiro atoms. The molecule has 0 aromatic heterocycles. The Balaban J connectivity index is 3.78. The number of rotatable bonds is 2. The van der Waals surface area contributed by atoms with Crippen LogP contribution >= 0.6 is 0 Å². The molecule has 0 aliphatic carbocycles. The van der Waals surface area contributed by atoms with E-state index in [-0.39, 0.29) is 6.42 Å². The number of nitrogens with zero attached hydrogens (tertiary/aromatic N) is 1. The van der Waals surface area contributed by atoms with Crippen LogP contribution in [0.25, 0.3) is 0 Å². The maximum atomic E-state index is 10.1. The molecule has 0 radical (unpaired) electrons. The third-order valence-electron chi connectivity index (χ3n) is 0.489. The number of hydrogen-bond donors (Lipinski definition) is 0. The van der Waals surface area contributed by atoms with Gasteiger partial charge in [-0.1, -0.05) is 6.92 Å². The maximum absolute atomic E-state index is 10.1. The topological polar surface area (TPSA) is 72.8 Å². The van der Waals surface area contributed by atoms with Crippen molar-refractivity contribution in [1.29, 1.82) is 0 Å². The molecule has 0 heterocycles. The first kappa shape index (κ1) is 8.09. The Morgan fingerprint density at radius 1 is 1.67 bits per heavy atom. The van der Waals surface area contributed by atoms with Crippen molar-refractivity contribution in [2.45, 2.75) is 13.3 Å². The summed E-state index contributed by atoms with van der Waals surface area (Å²) in [7, 11) is -2.66. The fourth-order valence-electron chi connectivity index (χ4n) is 0.137. The summed E-state index contributed by atoms with van der Waals surface area (Å²) in [4.78, 5) is 14.0. The predicted molar refractivity (Wildman–Crippen MR) is 27.7 cm³/mol. The summed E-state index contributed by atoms with van der Waals surface area (Å²) in [5, 5.41) is 0. The first-order valence-electron chi connectivity index (χ1n) is 2.17. The summed E-state index contributed by atoms with van der Waals surface area (Å²) in [5.74, 6) is -0.667. The van der Waals surface area contributed by atoms with Crippen LogP contribution in [0.2, 0.25) is 0 Å². The van der Waals surface area contributed by atoms with Crippen LogP contribution in [0, 0.1) is 0 Å². The van der Waals surface area contributed by atoms with Gasteiger partial charge in [-0.05, 0) is 0 Å². The molecule has 0 unspecified atom stereocenters. The molecule has 0 bridgehead atoms. The van der Waals surface area contributed by atoms with Crippen LogP contribution in [0.5, 0.6) is 0 Å². The zero-order chi connectivity index (χ0) is 7.28. The van der Waals surface area contributed by atoms with Gasteiger partial charge in [-0.3, -0.25) is 0 Å². The maximum Gasteiger partial charge on any atom is 0.349 e. The highest BCUT2D eigenvalue weighted by molar-refractivity contribution is 7.61. The first-order chi connectivity index (χ1) is 4.16. The summed E-state index contributed by atoms with van der Waals surface area (Å²) in [6, 6.07) is 0. The minimum atomic E-state index is -2.66. The van der Waals surface area contributed by atoms with Crippen LogP contribution in [0.3, 0.4) is 0 Å². The van der Waals surface area contributed by atoms with Gasteiger partial charge in [0.15, 0.2) is 0 Å². The van der Waals surface area contributed by atoms with Gasteiger partial charge < -0.3 is 4.84 Å². The molecule has 0 fully saturated rings. The lowest BCUT2D eigenvalue weighted by molar-refractivity contribution is -0.142. The highest BCUT2D eigenvalue weighted by atomic mass is 32.2. The predicted octanol–water partition coefficient (Wildman–Crippen LogP) is -0.0827. The summed E-state index contributed by atoms with van der Waals surface area (Å²) in [6.07, 6.45) is 0.112. The Morgan fingerprint density at radius 3 is 2.56 bits per heavy atom. The zero-order valence-electron chi connectivity index (χ0n) is 4.70. The van der Waals surface area contributed by atoms with Crippen molar-refractivity contribution in [3.63, 3.8) is 0 Å². The van der Waals surface area contributed by atoms with Crippen LogP contribution in [0.1, 0.15) is 13.3 Å².